The molecule has 0 amide bonds. The first kappa shape index (κ1) is 13.9. The number of hydrogen-bond acceptors (Lipinski definition) is 2. The van der Waals surface area contributed by atoms with Gasteiger partial charge in [-0.15, -0.1) is 0 Å². The summed E-state index contributed by atoms with van der Waals surface area (Å²) in [5, 5.41) is 0. The summed E-state index contributed by atoms with van der Waals surface area (Å²) in [7, 11) is 0. The molecule has 2 aromatic heterocycles. The highest BCUT2D eigenvalue weighted by Crippen LogP contribution is 2.19. The average Bonchev–Trinajstić information content (AvgIpc) is 2.82. The van der Waals surface area contributed by atoms with Crippen molar-refractivity contribution < 1.29 is 9.18 Å². The Balaban J connectivity index is 1.92. The summed E-state index contributed by atoms with van der Waals surface area (Å²) < 4.78 is 16.0. The number of aromatic nitrogens is 2. The molecule has 0 unspecified atom stereocenters. The molecular weight excluding hydrogens is 335 g/mol. The van der Waals surface area contributed by atoms with Gasteiger partial charge in [0.05, 0.1) is 5.52 Å². The highest BCUT2D eigenvalue weighted by atomic mass is 79.9. The molecule has 1 aromatic carbocycles. The molecule has 0 fully saturated rings. The van der Waals surface area contributed by atoms with Crippen molar-refractivity contribution in [3.63, 3.8) is 0 Å². The van der Waals surface area contributed by atoms with Crippen molar-refractivity contribution in [2.45, 2.75) is 12.8 Å². The molecule has 21 heavy (non-hydrogen) atoms. The van der Waals surface area contributed by atoms with Gasteiger partial charge in [-0.25, -0.2) is 9.37 Å². The minimum Gasteiger partial charge on any atom is -0.303 e. The zero-order valence-electron chi connectivity index (χ0n) is 11.1. The summed E-state index contributed by atoms with van der Waals surface area (Å²) in [5.41, 5.74) is 2.11. The third-order valence-corrected chi connectivity index (χ3v) is 3.84. The topological polar surface area (TPSA) is 34.4 Å². The summed E-state index contributed by atoms with van der Waals surface area (Å²) >= 11 is 3.39. The van der Waals surface area contributed by atoms with Gasteiger partial charge in [-0.2, -0.15) is 0 Å². The van der Waals surface area contributed by atoms with Gasteiger partial charge in [-0.05, 0) is 36.2 Å². The zero-order valence-corrected chi connectivity index (χ0v) is 12.7. The Morgan fingerprint density at radius 1 is 1.24 bits per heavy atom. The molecule has 0 aliphatic heterocycles. The molecular formula is C16H12BrFN2O. The molecule has 3 nitrogen and oxygen atoms in total. The number of aryl methyl sites for hydroxylation is 2. The molecule has 3 aromatic rings. The first-order valence-corrected chi connectivity index (χ1v) is 7.33. The number of fused-ring (bicyclic) bond motifs is 1. The van der Waals surface area contributed by atoms with Crippen molar-refractivity contribution in [3.05, 3.63) is 70.0 Å². The molecule has 0 radical (unpaired) electrons. The Morgan fingerprint density at radius 2 is 2.10 bits per heavy atom. The summed E-state index contributed by atoms with van der Waals surface area (Å²) in [6.45, 7) is 0. The summed E-state index contributed by atoms with van der Waals surface area (Å²) in [6, 6.07) is 10.3. The summed E-state index contributed by atoms with van der Waals surface area (Å²) in [5.74, 6) is 0.557. The van der Waals surface area contributed by atoms with E-state index in [1.807, 2.05) is 28.8 Å². The molecule has 0 saturated heterocycles. The Morgan fingerprint density at radius 3 is 2.86 bits per heavy atom. The molecule has 0 aliphatic rings. The number of nitrogens with zero attached hydrogens (tertiary/aromatic N) is 2. The lowest BCUT2D eigenvalue weighted by atomic mass is 10.1. The molecule has 0 spiro atoms. The van der Waals surface area contributed by atoms with Crippen molar-refractivity contribution in [1.29, 1.82) is 0 Å². The van der Waals surface area contributed by atoms with Crippen molar-refractivity contribution in [1.82, 2.24) is 9.38 Å². The Kier molecular flexibility index (Phi) is 3.84. The Hall–Kier alpha value is -2.01. The minimum atomic E-state index is -0.238. The second-order valence-corrected chi connectivity index (χ2v) is 5.68. The molecule has 0 atom stereocenters. The number of carbonyl (C=O) groups excluding carboxylic acids is 1. The maximum atomic E-state index is 13.2. The molecule has 0 bridgehead atoms. The SMILES string of the molecule is O=Cc1nc(CCc2cccc(F)c2)n2ccc(Br)cc12. The number of imidazole rings is 1. The van der Waals surface area contributed by atoms with Gasteiger partial charge in [-0.3, -0.25) is 4.79 Å². The van der Waals surface area contributed by atoms with Crippen LogP contribution in [0, 0.1) is 5.82 Å². The van der Waals surface area contributed by atoms with Gasteiger partial charge in [-0.1, -0.05) is 28.1 Å². The number of carbonyl (C=O) groups is 1. The van der Waals surface area contributed by atoms with E-state index in [2.05, 4.69) is 20.9 Å². The van der Waals surface area contributed by atoms with E-state index >= 15 is 0 Å². The van der Waals surface area contributed by atoms with Crippen molar-refractivity contribution in [2.75, 3.05) is 0 Å². The Bertz CT molecular complexity index is 813. The van der Waals surface area contributed by atoms with Gasteiger partial charge in [0.25, 0.3) is 0 Å². The monoisotopic (exact) mass is 346 g/mol. The molecule has 0 saturated carbocycles. The van der Waals surface area contributed by atoms with Crippen molar-refractivity contribution >= 4 is 27.7 Å². The van der Waals surface area contributed by atoms with Crippen LogP contribution >= 0.6 is 15.9 Å². The number of hydrogen-bond donors (Lipinski definition) is 0. The van der Waals surface area contributed by atoms with Crippen LogP contribution in [0.5, 0.6) is 0 Å². The number of rotatable bonds is 4. The predicted molar refractivity (Wildman–Crippen MR) is 82.1 cm³/mol. The zero-order chi connectivity index (χ0) is 14.8. The van der Waals surface area contributed by atoms with Gasteiger partial charge in [0.15, 0.2) is 6.29 Å². The van der Waals surface area contributed by atoms with Crippen molar-refractivity contribution in [2.24, 2.45) is 0 Å². The lowest BCUT2D eigenvalue weighted by molar-refractivity contribution is 0.112. The second kappa shape index (κ2) is 5.77. The predicted octanol–water partition coefficient (Wildman–Crippen LogP) is 3.83. The normalized spacial score (nSPS) is 11.0. The quantitative estimate of drug-likeness (QED) is 0.672. The van der Waals surface area contributed by atoms with Gasteiger partial charge in [0.1, 0.15) is 17.3 Å². The van der Waals surface area contributed by atoms with E-state index in [9.17, 15) is 9.18 Å². The largest absolute Gasteiger partial charge is 0.303 e. The van der Waals surface area contributed by atoms with Crippen LogP contribution < -0.4 is 0 Å². The van der Waals surface area contributed by atoms with Gasteiger partial charge in [0.2, 0.25) is 0 Å². The molecule has 106 valence electrons. The van der Waals surface area contributed by atoms with Crippen LogP contribution in [-0.2, 0) is 12.8 Å². The second-order valence-electron chi connectivity index (χ2n) is 4.76. The summed E-state index contributed by atoms with van der Waals surface area (Å²) in [4.78, 5) is 15.5. The fourth-order valence-electron chi connectivity index (χ4n) is 2.36. The van der Waals surface area contributed by atoms with E-state index < -0.39 is 0 Å². The van der Waals surface area contributed by atoms with E-state index in [0.717, 1.165) is 27.7 Å². The standard InChI is InChI=1S/C16H12BrFN2O/c17-12-6-7-20-15(9-12)14(10-21)19-16(20)5-4-11-2-1-3-13(18)8-11/h1-3,6-10H,4-5H2. The highest BCUT2D eigenvalue weighted by Gasteiger charge is 2.11. The molecule has 5 heteroatoms. The first-order valence-electron chi connectivity index (χ1n) is 6.53. The maximum absolute atomic E-state index is 13.2. The van der Waals surface area contributed by atoms with Gasteiger partial charge < -0.3 is 4.40 Å². The first-order chi connectivity index (χ1) is 10.2. The molecule has 0 N–H and O–H groups in total. The smallest absolute Gasteiger partial charge is 0.170 e. The van der Waals surface area contributed by atoms with Gasteiger partial charge in [0, 0.05) is 17.1 Å². The molecule has 0 aliphatic carbocycles. The van der Waals surface area contributed by atoms with E-state index in [-0.39, 0.29) is 5.82 Å². The average molecular weight is 347 g/mol. The number of aldehydes is 1. The van der Waals surface area contributed by atoms with Crippen LogP contribution in [0.2, 0.25) is 0 Å². The van der Waals surface area contributed by atoms with E-state index in [1.165, 1.54) is 12.1 Å². The summed E-state index contributed by atoms with van der Waals surface area (Å²) in [6.07, 6.45) is 3.94. The van der Waals surface area contributed by atoms with Crippen molar-refractivity contribution in [3.8, 4) is 0 Å². The third-order valence-electron chi connectivity index (χ3n) is 3.34. The lowest BCUT2D eigenvalue weighted by Gasteiger charge is -2.02. The maximum Gasteiger partial charge on any atom is 0.170 e. The third kappa shape index (κ3) is 2.88. The number of halogens is 2. The molecule has 3 rings (SSSR count). The van der Waals surface area contributed by atoms with E-state index in [0.29, 0.717) is 18.5 Å². The van der Waals surface area contributed by atoms with Crippen LogP contribution in [0.25, 0.3) is 5.52 Å². The fourth-order valence-corrected chi connectivity index (χ4v) is 2.69. The fraction of sp³-hybridized carbons (Fsp3) is 0.125. The number of benzene rings is 1. The van der Waals surface area contributed by atoms with Crippen LogP contribution in [0.4, 0.5) is 4.39 Å². The van der Waals surface area contributed by atoms with Gasteiger partial charge >= 0.3 is 0 Å². The van der Waals surface area contributed by atoms with E-state index in [4.69, 9.17) is 0 Å². The van der Waals surface area contributed by atoms with Crippen LogP contribution in [0.3, 0.4) is 0 Å². The van der Waals surface area contributed by atoms with Crippen LogP contribution in [0.1, 0.15) is 21.9 Å². The van der Waals surface area contributed by atoms with E-state index in [1.54, 1.807) is 6.07 Å². The lowest BCUT2D eigenvalue weighted by Crippen LogP contribution is -1.98. The number of pyridine rings is 1. The van der Waals surface area contributed by atoms with Crippen LogP contribution in [0.15, 0.2) is 47.1 Å². The van der Waals surface area contributed by atoms with Crippen LogP contribution in [-0.4, -0.2) is 15.7 Å². The molecule has 2 heterocycles. The Labute approximate surface area is 129 Å². The highest BCUT2D eigenvalue weighted by molar-refractivity contribution is 9.10. The minimum absolute atomic E-state index is 0.238.